The molecule has 0 saturated heterocycles. The number of benzene rings is 1. The third-order valence-electron chi connectivity index (χ3n) is 3.78. The Morgan fingerprint density at radius 2 is 2.00 bits per heavy atom. The van der Waals surface area contributed by atoms with E-state index < -0.39 is 5.60 Å². The molecule has 0 aliphatic heterocycles. The molecule has 3 aromatic rings. The molecule has 3 nitrogen and oxygen atoms in total. The molecular formula is C18H16ClNO2S2. The highest BCUT2D eigenvalue weighted by Crippen LogP contribution is 2.33. The minimum absolute atomic E-state index is 0.119. The highest BCUT2D eigenvalue weighted by molar-refractivity contribution is 7.10. The summed E-state index contributed by atoms with van der Waals surface area (Å²) in [5, 5.41) is 20.3. The summed E-state index contributed by atoms with van der Waals surface area (Å²) in [6, 6.07) is 12.9. The van der Waals surface area contributed by atoms with Crippen LogP contribution in [0.15, 0.2) is 58.6 Å². The van der Waals surface area contributed by atoms with Gasteiger partial charge in [0.15, 0.2) is 0 Å². The van der Waals surface area contributed by atoms with Gasteiger partial charge in [-0.2, -0.15) is 11.3 Å². The molecule has 124 valence electrons. The molecule has 0 radical (unpaired) electrons. The van der Waals surface area contributed by atoms with Gasteiger partial charge in [0.2, 0.25) is 5.91 Å². The van der Waals surface area contributed by atoms with Crippen LogP contribution in [0.2, 0.25) is 5.02 Å². The molecule has 1 amide bonds. The Bertz CT molecular complexity index is 766. The number of thiophene rings is 2. The summed E-state index contributed by atoms with van der Waals surface area (Å²) in [6.45, 7) is 0.119. The van der Waals surface area contributed by atoms with Gasteiger partial charge < -0.3 is 10.4 Å². The second-order valence-corrected chi connectivity index (χ2v) is 7.53. The largest absolute Gasteiger partial charge is 0.378 e. The fourth-order valence-electron chi connectivity index (χ4n) is 2.45. The Hall–Kier alpha value is -1.66. The van der Waals surface area contributed by atoms with E-state index in [9.17, 15) is 9.90 Å². The molecule has 0 aliphatic carbocycles. The number of amides is 1. The third-order valence-corrected chi connectivity index (χ3v) is 5.85. The lowest BCUT2D eigenvalue weighted by atomic mass is 9.94. The number of carbonyl (C=O) groups is 1. The Labute approximate surface area is 153 Å². The van der Waals surface area contributed by atoms with Crippen LogP contribution in [-0.2, 0) is 16.8 Å². The first-order valence-corrected chi connectivity index (χ1v) is 9.59. The molecule has 0 saturated carbocycles. The van der Waals surface area contributed by atoms with Crippen molar-refractivity contribution in [3.05, 3.63) is 79.6 Å². The van der Waals surface area contributed by atoms with E-state index in [-0.39, 0.29) is 18.9 Å². The van der Waals surface area contributed by atoms with E-state index >= 15 is 0 Å². The fourth-order valence-corrected chi connectivity index (χ4v) is 4.22. The van der Waals surface area contributed by atoms with Crippen LogP contribution in [0.4, 0.5) is 0 Å². The van der Waals surface area contributed by atoms with Gasteiger partial charge in [0.1, 0.15) is 5.60 Å². The summed E-state index contributed by atoms with van der Waals surface area (Å²) < 4.78 is 0. The van der Waals surface area contributed by atoms with Crippen LogP contribution in [-0.4, -0.2) is 17.6 Å². The first kappa shape index (κ1) is 17.2. The van der Waals surface area contributed by atoms with Crippen LogP contribution in [0.1, 0.15) is 16.0 Å². The molecule has 3 rings (SSSR count). The molecule has 0 aliphatic rings. The Morgan fingerprint density at radius 1 is 1.17 bits per heavy atom. The zero-order valence-electron chi connectivity index (χ0n) is 12.7. The maximum atomic E-state index is 12.3. The van der Waals surface area contributed by atoms with E-state index in [0.717, 1.165) is 16.0 Å². The van der Waals surface area contributed by atoms with Crippen molar-refractivity contribution >= 4 is 40.2 Å². The van der Waals surface area contributed by atoms with Crippen molar-refractivity contribution in [2.75, 3.05) is 6.54 Å². The summed E-state index contributed by atoms with van der Waals surface area (Å²) in [5.74, 6) is -0.173. The van der Waals surface area contributed by atoms with Crippen molar-refractivity contribution in [3.63, 3.8) is 0 Å². The predicted molar refractivity (Wildman–Crippen MR) is 99.8 cm³/mol. The zero-order valence-corrected chi connectivity index (χ0v) is 15.1. The van der Waals surface area contributed by atoms with Crippen molar-refractivity contribution in [1.29, 1.82) is 0 Å². The predicted octanol–water partition coefficient (Wildman–Crippen LogP) is 4.06. The van der Waals surface area contributed by atoms with E-state index in [1.807, 2.05) is 52.5 Å². The minimum Gasteiger partial charge on any atom is -0.378 e. The lowest BCUT2D eigenvalue weighted by molar-refractivity contribution is -0.121. The first-order valence-electron chi connectivity index (χ1n) is 7.39. The highest BCUT2D eigenvalue weighted by atomic mass is 35.5. The van der Waals surface area contributed by atoms with Crippen molar-refractivity contribution in [1.82, 2.24) is 5.32 Å². The summed E-state index contributed by atoms with van der Waals surface area (Å²) in [7, 11) is 0. The molecule has 6 heteroatoms. The van der Waals surface area contributed by atoms with E-state index in [1.54, 1.807) is 6.07 Å². The Kier molecular flexibility index (Phi) is 5.36. The molecule has 0 bridgehead atoms. The van der Waals surface area contributed by atoms with Crippen LogP contribution in [0.5, 0.6) is 0 Å². The van der Waals surface area contributed by atoms with Gasteiger partial charge in [0, 0.05) is 15.5 Å². The van der Waals surface area contributed by atoms with Crippen LogP contribution in [0.25, 0.3) is 0 Å². The number of halogens is 1. The Morgan fingerprint density at radius 3 is 2.67 bits per heavy atom. The van der Waals surface area contributed by atoms with Gasteiger partial charge in [-0.15, -0.1) is 11.3 Å². The summed E-state index contributed by atoms with van der Waals surface area (Å²) >= 11 is 9.08. The van der Waals surface area contributed by atoms with Gasteiger partial charge >= 0.3 is 0 Å². The molecule has 0 unspecified atom stereocenters. The monoisotopic (exact) mass is 377 g/mol. The molecule has 1 atom stereocenters. The lowest BCUT2D eigenvalue weighted by Gasteiger charge is -2.27. The Balaban J connectivity index is 1.73. The average Bonchev–Trinajstić information content (AvgIpc) is 3.28. The van der Waals surface area contributed by atoms with Gasteiger partial charge in [-0.05, 0) is 39.9 Å². The molecule has 0 fully saturated rings. The van der Waals surface area contributed by atoms with Gasteiger partial charge in [-0.3, -0.25) is 4.79 Å². The zero-order chi connectivity index (χ0) is 17.0. The highest BCUT2D eigenvalue weighted by Gasteiger charge is 2.33. The number of aliphatic hydroxyl groups is 1. The SMILES string of the molecule is O=C(Cc1ccccc1Cl)NC[C@](O)(c1ccsc1)c1cccs1. The summed E-state index contributed by atoms with van der Waals surface area (Å²) in [6.07, 6.45) is 0.184. The van der Waals surface area contributed by atoms with Crippen LogP contribution >= 0.6 is 34.3 Å². The smallest absolute Gasteiger partial charge is 0.224 e. The third kappa shape index (κ3) is 3.70. The molecule has 24 heavy (non-hydrogen) atoms. The summed E-state index contributed by atoms with van der Waals surface area (Å²) in [4.78, 5) is 13.1. The second-order valence-electron chi connectivity index (χ2n) is 5.39. The van der Waals surface area contributed by atoms with Crippen molar-refractivity contribution < 1.29 is 9.90 Å². The fraction of sp³-hybridized carbons (Fsp3) is 0.167. The van der Waals surface area contributed by atoms with E-state index in [4.69, 9.17) is 11.6 Å². The van der Waals surface area contributed by atoms with E-state index in [2.05, 4.69) is 5.32 Å². The molecule has 1 aromatic carbocycles. The molecule has 2 N–H and O–H groups in total. The standard InChI is InChI=1S/C18H16ClNO2S2/c19-15-5-2-1-4-13(15)10-17(21)20-12-18(22,14-7-9-23-11-14)16-6-3-8-24-16/h1-9,11,22H,10,12H2,(H,20,21)/t18-/m0/s1. The molecular weight excluding hydrogens is 362 g/mol. The second kappa shape index (κ2) is 7.49. The minimum atomic E-state index is -1.22. The normalized spacial score (nSPS) is 13.4. The average molecular weight is 378 g/mol. The topological polar surface area (TPSA) is 49.3 Å². The quantitative estimate of drug-likeness (QED) is 0.680. The van der Waals surface area contributed by atoms with Gasteiger partial charge in [-0.1, -0.05) is 35.9 Å². The van der Waals surface area contributed by atoms with Crippen molar-refractivity contribution in [2.45, 2.75) is 12.0 Å². The van der Waals surface area contributed by atoms with Crippen molar-refractivity contribution in [2.24, 2.45) is 0 Å². The number of rotatable bonds is 6. The molecule has 0 spiro atoms. The van der Waals surface area contributed by atoms with Gasteiger partial charge in [0.25, 0.3) is 0 Å². The number of hydrogen-bond donors (Lipinski definition) is 2. The first-order chi connectivity index (χ1) is 11.6. The summed E-state index contributed by atoms with van der Waals surface area (Å²) in [5.41, 5.74) is 0.337. The van der Waals surface area contributed by atoms with E-state index in [1.165, 1.54) is 22.7 Å². The van der Waals surface area contributed by atoms with Crippen molar-refractivity contribution in [3.8, 4) is 0 Å². The lowest BCUT2D eigenvalue weighted by Crippen LogP contribution is -2.41. The van der Waals surface area contributed by atoms with Crippen LogP contribution < -0.4 is 5.32 Å². The van der Waals surface area contributed by atoms with E-state index in [0.29, 0.717) is 5.02 Å². The van der Waals surface area contributed by atoms with Crippen LogP contribution in [0, 0.1) is 0 Å². The van der Waals surface area contributed by atoms with Gasteiger partial charge in [0.05, 0.1) is 13.0 Å². The maximum absolute atomic E-state index is 12.3. The molecule has 2 aromatic heterocycles. The number of carbonyl (C=O) groups excluding carboxylic acids is 1. The van der Waals surface area contributed by atoms with Gasteiger partial charge in [-0.25, -0.2) is 0 Å². The number of nitrogens with one attached hydrogen (secondary N) is 1. The molecule has 2 heterocycles. The number of hydrogen-bond acceptors (Lipinski definition) is 4. The maximum Gasteiger partial charge on any atom is 0.224 e. The van der Waals surface area contributed by atoms with Crippen LogP contribution in [0.3, 0.4) is 0 Å².